The number of aromatic nitrogens is 3. The van der Waals surface area contributed by atoms with Crippen molar-refractivity contribution in [2.75, 3.05) is 13.1 Å². The number of rotatable bonds is 2. The maximum Gasteiger partial charge on any atom is 0.255 e. The molecule has 22 heavy (non-hydrogen) atoms. The number of benzene rings is 1. The van der Waals surface area contributed by atoms with E-state index < -0.39 is 0 Å². The summed E-state index contributed by atoms with van der Waals surface area (Å²) < 4.78 is 1.35. The van der Waals surface area contributed by atoms with Crippen LogP contribution < -0.4 is 0 Å². The quantitative estimate of drug-likeness (QED) is 0.850. The van der Waals surface area contributed by atoms with Crippen molar-refractivity contribution in [1.82, 2.24) is 19.9 Å². The van der Waals surface area contributed by atoms with Crippen molar-refractivity contribution >= 4 is 22.8 Å². The topological polar surface area (TPSA) is 68.1 Å². The first-order chi connectivity index (χ1) is 10.3. The summed E-state index contributed by atoms with van der Waals surface area (Å²) in [6.45, 7) is 7.06. The smallest absolute Gasteiger partial charge is 0.255 e. The zero-order chi connectivity index (χ0) is 15.9. The highest BCUT2D eigenvalue weighted by Crippen LogP contribution is 2.25. The van der Waals surface area contributed by atoms with Gasteiger partial charge in [-0.1, -0.05) is 38.1 Å². The predicted octanol–water partition coefficient (Wildman–Crippen LogP) is 1.97. The van der Waals surface area contributed by atoms with Gasteiger partial charge in [0.2, 0.25) is 5.91 Å². The Morgan fingerprint density at radius 1 is 1.23 bits per heavy atom. The highest BCUT2D eigenvalue weighted by atomic mass is 16.2. The van der Waals surface area contributed by atoms with E-state index >= 15 is 0 Å². The van der Waals surface area contributed by atoms with Crippen molar-refractivity contribution in [3.05, 3.63) is 24.3 Å². The molecule has 1 aromatic heterocycles. The number of carbonyl (C=O) groups excluding carboxylic acids is 2. The van der Waals surface area contributed by atoms with E-state index in [-0.39, 0.29) is 23.1 Å². The zero-order valence-electron chi connectivity index (χ0n) is 13.1. The van der Waals surface area contributed by atoms with Gasteiger partial charge >= 0.3 is 0 Å². The van der Waals surface area contributed by atoms with Crippen LogP contribution in [0.2, 0.25) is 0 Å². The molecule has 6 nitrogen and oxygen atoms in total. The molecule has 0 radical (unpaired) electrons. The SMILES string of the molecule is CC(C)(C)CC(=O)N1CC(C(=O)n2nnc3ccccc32)C1. The van der Waals surface area contributed by atoms with Gasteiger partial charge < -0.3 is 4.90 Å². The fourth-order valence-electron chi connectivity index (χ4n) is 2.61. The minimum absolute atomic E-state index is 0.0334. The van der Waals surface area contributed by atoms with E-state index in [9.17, 15) is 9.59 Å². The minimum atomic E-state index is -0.186. The fraction of sp³-hybridized carbons (Fsp3) is 0.500. The average molecular weight is 300 g/mol. The number of fused-ring (bicyclic) bond motifs is 1. The molecule has 1 amide bonds. The van der Waals surface area contributed by atoms with Crippen molar-refractivity contribution in [2.24, 2.45) is 11.3 Å². The highest BCUT2D eigenvalue weighted by molar-refractivity contribution is 5.92. The fourth-order valence-corrected chi connectivity index (χ4v) is 2.61. The number of nitrogens with zero attached hydrogens (tertiary/aromatic N) is 4. The summed E-state index contributed by atoms with van der Waals surface area (Å²) in [7, 11) is 0. The molecule has 0 bridgehead atoms. The Bertz CT molecular complexity index is 723. The lowest BCUT2D eigenvalue weighted by Crippen LogP contribution is -2.54. The summed E-state index contributed by atoms with van der Waals surface area (Å²) in [6.07, 6.45) is 0.500. The van der Waals surface area contributed by atoms with Crippen LogP contribution in [0.4, 0.5) is 0 Å². The first kappa shape index (κ1) is 14.7. The van der Waals surface area contributed by atoms with E-state index in [1.165, 1.54) is 4.68 Å². The summed E-state index contributed by atoms with van der Waals surface area (Å²) in [5, 5.41) is 7.94. The Morgan fingerprint density at radius 3 is 2.59 bits per heavy atom. The molecule has 0 N–H and O–H groups in total. The standard InChI is InChI=1S/C16H20N4O2/c1-16(2,3)8-14(21)19-9-11(10-19)15(22)20-13-7-5-4-6-12(13)17-18-20/h4-7,11H,8-10H2,1-3H3. The van der Waals surface area contributed by atoms with Gasteiger partial charge in [0.1, 0.15) is 5.52 Å². The largest absolute Gasteiger partial charge is 0.341 e. The van der Waals surface area contributed by atoms with Crippen molar-refractivity contribution < 1.29 is 9.59 Å². The maximum atomic E-state index is 12.5. The Labute approximate surface area is 129 Å². The monoisotopic (exact) mass is 300 g/mol. The van der Waals surface area contributed by atoms with Crippen LogP contribution in [-0.2, 0) is 4.79 Å². The van der Waals surface area contributed by atoms with Gasteiger partial charge in [0.25, 0.3) is 5.91 Å². The summed E-state index contributed by atoms with van der Waals surface area (Å²) >= 11 is 0. The van der Waals surface area contributed by atoms with Gasteiger partial charge in [-0.2, -0.15) is 4.68 Å². The molecular formula is C16H20N4O2. The van der Waals surface area contributed by atoms with Gasteiger partial charge in [0.15, 0.2) is 0 Å². The van der Waals surface area contributed by atoms with E-state index in [0.717, 1.165) is 0 Å². The lowest BCUT2D eigenvalue weighted by Gasteiger charge is -2.39. The molecule has 0 aliphatic carbocycles. The zero-order valence-corrected chi connectivity index (χ0v) is 13.1. The molecule has 1 fully saturated rings. The van der Waals surface area contributed by atoms with E-state index in [1.807, 2.05) is 45.0 Å². The highest BCUT2D eigenvalue weighted by Gasteiger charge is 2.38. The Kier molecular flexibility index (Phi) is 3.47. The van der Waals surface area contributed by atoms with Crippen molar-refractivity contribution in [3.8, 4) is 0 Å². The van der Waals surface area contributed by atoms with Crippen LogP contribution in [0, 0.1) is 11.3 Å². The molecule has 2 heterocycles. The van der Waals surface area contributed by atoms with E-state index in [4.69, 9.17) is 0 Å². The van der Waals surface area contributed by atoms with Gasteiger partial charge in [-0.3, -0.25) is 9.59 Å². The van der Waals surface area contributed by atoms with Crippen LogP contribution >= 0.6 is 0 Å². The van der Waals surface area contributed by atoms with Crippen LogP contribution in [0.15, 0.2) is 24.3 Å². The minimum Gasteiger partial charge on any atom is -0.341 e. The van der Waals surface area contributed by atoms with Crippen LogP contribution in [0.5, 0.6) is 0 Å². The third-order valence-electron chi connectivity index (χ3n) is 3.83. The third kappa shape index (κ3) is 2.73. The van der Waals surface area contributed by atoms with Gasteiger partial charge in [-0.25, -0.2) is 0 Å². The second-order valence-electron chi connectivity index (χ2n) is 7.06. The molecule has 0 spiro atoms. The van der Waals surface area contributed by atoms with Crippen molar-refractivity contribution in [3.63, 3.8) is 0 Å². The summed E-state index contributed by atoms with van der Waals surface area (Å²) in [4.78, 5) is 26.3. The van der Waals surface area contributed by atoms with Crippen LogP contribution in [-0.4, -0.2) is 44.8 Å². The van der Waals surface area contributed by atoms with E-state index in [1.54, 1.807) is 4.90 Å². The molecular weight excluding hydrogens is 280 g/mol. The summed E-state index contributed by atoms with van der Waals surface area (Å²) in [5.74, 6) is -0.164. The summed E-state index contributed by atoms with van der Waals surface area (Å²) in [5.41, 5.74) is 1.39. The molecule has 1 aliphatic heterocycles. The molecule has 1 aromatic carbocycles. The van der Waals surface area contributed by atoms with Crippen LogP contribution in [0.3, 0.4) is 0 Å². The van der Waals surface area contributed by atoms with Crippen LogP contribution in [0.1, 0.15) is 32.0 Å². The normalized spacial score (nSPS) is 15.9. The molecule has 2 aromatic rings. The van der Waals surface area contributed by atoms with Gasteiger partial charge in [0.05, 0.1) is 11.4 Å². The van der Waals surface area contributed by atoms with Gasteiger partial charge in [-0.05, 0) is 17.5 Å². The first-order valence-corrected chi connectivity index (χ1v) is 7.47. The number of para-hydroxylation sites is 1. The third-order valence-corrected chi connectivity index (χ3v) is 3.83. The maximum absolute atomic E-state index is 12.5. The number of carbonyl (C=O) groups is 2. The number of hydrogen-bond donors (Lipinski definition) is 0. The number of likely N-dealkylation sites (tertiary alicyclic amines) is 1. The molecule has 116 valence electrons. The van der Waals surface area contributed by atoms with E-state index in [2.05, 4.69) is 10.3 Å². The van der Waals surface area contributed by atoms with E-state index in [0.29, 0.717) is 30.5 Å². The Balaban J connectivity index is 1.66. The number of hydrogen-bond acceptors (Lipinski definition) is 4. The predicted molar refractivity (Wildman–Crippen MR) is 82.3 cm³/mol. The van der Waals surface area contributed by atoms with Crippen molar-refractivity contribution in [2.45, 2.75) is 27.2 Å². The van der Waals surface area contributed by atoms with Gasteiger partial charge in [-0.15, -0.1) is 5.10 Å². The van der Waals surface area contributed by atoms with Crippen molar-refractivity contribution in [1.29, 1.82) is 0 Å². The molecule has 6 heteroatoms. The van der Waals surface area contributed by atoms with Crippen LogP contribution in [0.25, 0.3) is 11.0 Å². The molecule has 1 saturated heterocycles. The molecule has 0 unspecified atom stereocenters. The molecule has 3 rings (SSSR count). The average Bonchev–Trinajstić information content (AvgIpc) is 2.78. The molecule has 0 saturated carbocycles. The number of amides is 1. The second-order valence-corrected chi connectivity index (χ2v) is 7.06. The first-order valence-electron chi connectivity index (χ1n) is 7.47. The summed E-state index contributed by atoms with van der Waals surface area (Å²) in [6, 6.07) is 7.37. The lowest BCUT2D eigenvalue weighted by atomic mass is 9.89. The Morgan fingerprint density at radius 2 is 1.91 bits per heavy atom. The molecule has 0 atom stereocenters. The lowest BCUT2D eigenvalue weighted by molar-refractivity contribution is -0.138. The van der Waals surface area contributed by atoms with Gasteiger partial charge in [0, 0.05) is 19.5 Å². The molecule has 1 aliphatic rings. The second kappa shape index (κ2) is 5.19. The Hall–Kier alpha value is -2.24.